The highest BCUT2D eigenvalue weighted by Gasteiger charge is 2.28. The highest BCUT2D eigenvalue weighted by molar-refractivity contribution is 6.31. The third-order valence-electron chi connectivity index (χ3n) is 5.07. The molecule has 5 rings (SSSR count). The van der Waals surface area contributed by atoms with Crippen LogP contribution < -0.4 is 0 Å². The van der Waals surface area contributed by atoms with E-state index in [2.05, 4.69) is 71.2 Å². The first-order valence-electron chi connectivity index (χ1n) is 8.29. The molecule has 1 aliphatic carbocycles. The zero-order valence-corrected chi connectivity index (χ0v) is 14.1. The van der Waals surface area contributed by atoms with E-state index in [1.165, 1.54) is 33.6 Å². The minimum Gasteiger partial charge on any atom is -0.354 e. The third-order valence-corrected chi connectivity index (χ3v) is 5.31. The van der Waals surface area contributed by atoms with Crippen LogP contribution in [0, 0.1) is 0 Å². The predicted molar refractivity (Wildman–Crippen MR) is 100 cm³/mol. The summed E-state index contributed by atoms with van der Waals surface area (Å²) in [5.74, 6) is 0.459. The van der Waals surface area contributed by atoms with Crippen LogP contribution in [0.1, 0.15) is 24.1 Å². The summed E-state index contributed by atoms with van der Waals surface area (Å²) in [6.45, 7) is 2.31. The van der Waals surface area contributed by atoms with Gasteiger partial charge in [0.25, 0.3) is 0 Å². The molecule has 1 atom stereocenters. The average molecular weight is 333 g/mol. The molecule has 1 unspecified atom stereocenters. The summed E-state index contributed by atoms with van der Waals surface area (Å²) < 4.78 is 2.32. The Morgan fingerprint density at radius 1 is 1.08 bits per heavy atom. The number of H-pyrrole nitrogens is 1. The van der Waals surface area contributed by atoms with Crippen LogP contribution in [0.5, 0.6) is 0 Å². The van der Waals surface area contributed by atoms with Crippen molar-refractivity contribution in [3.63, 3.8) is 0 Å². The van der Waals surface area contributed by atoms with Gasteiger partial charge in [-0.05, 0) is 48.4 Å². The lowest BCUT2D eigenvalue weighted by Crippen LogP contribution is -2.11. The molecule has 2 nitrogen and oxygen atoms in total. The van der Waals surface area contributed by atoms with E-state index in [1.807, 2.05) is 6.07 Å². The molecule has 4 aromatic rings. The molecule has 0 fully saturated rings. The predicted octanol–water partition coefficient (Wildman–Crippen LogP) is 5.94. The van der Waals surface area contributed by atoms with Crippen molar-refractivity contribution >= 4 is 22.5 Å². The van der Waals surface area contributed by atoms with Gasteiger partial charge in [-0.25, -0.2) is 0 Å². The van der Waals surface area contributed by atoms with Crippen LogP contribution in [0.15, 0.2) is 60.8 Å². The SMILES string of the molecule is CC1Cc2c([nH]c3ccc(Cl)cc23)-c2ccn(-c3ccccc3)c21. The van der Waals surface area contributed by atoms with Crippen LogP contribution >= 0.6 is 11.6 Å². The van der Waals surface area contributed by atoms with Crippen molar-refractivity contribution in [1.29, 1.82) is 0 Å². The summed E-state index contributed by atoms with van der Waals surface area (Å²) in [6, 6.07) is 18.9. The minimum absolute atomic E-state index is 0.459. The van der Waals surface area contributed by atoms with E-state index < -0.39 is 0 Å². The fourth-order valence-electron chi connectivity index (χ4n) is 4.04. The van der Waals surface area contributed by atoms with Crippen molar-refractivity contribution in [2.75, 3.05) is 0 Å². The molecular formula is C21H17ClN2. The summed E-state index contributed by atoms with van der Waals surface area (Å²) in [4.78, 5) is 3.61. The smallest absolute Gasteiger partial charge is 0.0516 e. The lowest BCUT2D eigenvalue weighted by atomic mass is 9.86. The van der Waals surface area contributed by atoms with Crippen LogP contribution in [-0.2, 0) is 6.42 Å². The Hall–Kier alpha value is -2.45. The number of rotatable bonds is 1. The first-order chi connectivity index (χ1) is 11.7. The Kier molecular flexibility index (Phi) is 2.92. The van der Waals surface area contributed by atoms with E-state index >= 15 is 0 Å². The molecule has 2 aromatic heterocycles. The first-order valence-corrected chi connectivity index (χ1v) is 8.67. The number of para-hydroxylation sites is 1. The van der Waals surface area contributed by atoms with Crippen molar-refractivity contribution in [2.45, 2.75) is 19.3 Å². The van der Waals surface area contributed by atoms with Gasteiger partial charge in [0.2, 0.25) is 0 Å². The number of hydrogen-bond acceptors (Lipinski definition) is 0. The van der Waals surface area contributed by atoms with Gasteiger partial charge < -0.3 is 9.55 Å². The van der Waals surface area contributed by atoms with Gasteiger partial charge in [-0.3, -0.25) is 0 Å². The topological polar surface area (TPSA) is 20.7 Å². The van der Waals surface area contributed by atoms with Crippen molar-refractivity contribution in [2.24, 2.45) is 0 Å². The Balaban J connectivity index is 1.77. The molecule has 0 aliphatic heterocycles. The molecule has 118 valence electrons. The first kappa shape index (κ1) is 13.9. The van der Waals surface area contributed by atoms with Gasteiger partial charge >= 0.3 is 0 Å². The van der Waals surface area contributed by atoms with Gasteiger partial charge in [0.15, 0.2) is 0 Å². The zero-order valence-electron chi connectivity index (χ0n) is 13.4. The monoisotopic (exact) mass is 332 g/mol. The Labute approximate surface area is 145 Å². The van der Waals surface area contributed by atoms with E-state index in [0.717, 1.165) is 17.0 Å². The lowest BCUT2D eigenvalue weighted by Gasteiger charge is -2.23. The summed E-state index contributed by atoms with van der Waals surface area (Å²) in [5.41, 5.74) is 7.70. The van der Waals surface area contributed by atoms with Crippen LogP contribution in [0.4, 0.5) is 0 Å². The number of benzene rings is 2. The van der Waals surface area contributed by atoms with Crippen LogP contribution in [0.25, 0.3) is 27.8 Å². The van der Waals surface area contributed by atoms with E-state index in [-0.39, 0.29) is 0 Å². The molecule has 0 spiro atoms. The number of nitrogens with one attached hydrogen (secondary N) is 1. The van der Waals surface area contributed by atoms with Gasteiger partial charge in [-0.15, -0.1) is 0 Å². The maximum absolute atomic E-state index is 6.22. The highest BCUT2D eigenvalue weighted by Crippen LogP contribution is 2.44. The van der Waals surface area contributed by atoms with Gasteiger partial charge in [-0.1, -0.05) is 36.7 Å². The second-order valence-corrected chi connectivity index (χ2v) is 7.03. The number of aromatic amines is 1. The maximum Gasteiger partial charge on any atom is 0.0516 e. The number of aromatic nitrogens is 2. The van der Waals surface area contributed by atoms with Gasteiger partial charge in [0, 0.05) is 45.0 Å². The average Bonchev–Trinajstić information content (AvgIpc) is 3.18. The summed E-state index contributed by atoms with van der Waals surface area (Å²) in [6.07, 6.45) is 3.21. The zero-order chi connectivity index (χ0) is 16.3. The van der Waals surface area contributed by atoms with E-state index in [0.29, 0.717) is 5.92 Å². The second kappa shape index (κ2) is 5.02. The minimum atomic E-state index is 0.459. The molecule has 0 saturated carbocycles. The standard InChI is InChI=1S/C21H17ClN2/c1-13-11-18-17-12-14(22)7-8-19(17)23-20(18)16-9-10-24(21(13)16)15-5-3-2-4-6-15/h2-10,12-13,23H,11H2,1H3. The van der Waals surface area contributed by atoms with Crippen molar-refractivity contribution in [1.82, 2.24) is 9.55 Å². The molecule has 2 heterocycles. The Morgan fingerprint density at radius 2 is 1.92 bits per heavy atom. The Bertz CT molecular complexity index is 1060. The van der Waals surface area contributed by atoms with Crippen molar-refractivity contribution in [3.05, 3.63) is 77.1 Å². The lowest BCUT2D eigenvalue weighted by molar-refractivity contribution is 0.704. The maximum atomic E-state index is 6.22. The van der Waals surface area contributed by atoms with Gasteiger partial charge in [-0.2, -0.15) is 0 Å². The van der Waals surface area contributed by atoms with E-state index in [4.69, 9.17) is 11.6 Å². The number of fused-ring (bicyclic) bond motifs is 5. The molecule has 0 bridgehead atoms. The van der Waals surface area contributed by atoms with E-state index in [9.17, 15) is 0 Å². The summed E-state index contributed by atoms with van der Waals surface area (Å²) in [7, 11) is 0. The molecule has 1 aliphatic rings. The highest BCUT2D eigenvalue weighted by atomic mass is 35.5. The molecule has 3 heteroatoms. The van der Waals surface area contributed by atoms with Crippen molar-refractivity contribution < 1.29 is 0 Å². The molecular weight excluding hydrogens is 316 g/mol. The fourth-order valence-corrected chi connectivity index (χ4v) is 4.21. The van der Waals surface area contributed by atoms with Crippen LogP contribution in [-0.4, -0.2) is 9.55 Å². The molecule has 1 N–H and O–H groups in total. The molecule has 2 aromatic carbocycles. The largest absolute Gasteiger partial charge is 0.354 e. The number of halogens is 1. The van der Waals surface area contributed by atoms with E-state index in [1.54, 1.807) is 0 Å². The molecule has 0 radical (unpaired) electrons. The van der Waals surface area contributed by atoms with Gasteiger partial charge in [0.1, 0.15) is 0 Å². The van der Waals surface area contributed by atoms with Gasteiger partial charge in [0.05, 0.1) is 5.69 Å². The molecule has 24 heavy (non-hydrogen) atoms. The summed E-state index contributed by atoms with van der Waals surface area (Å²) >= 11 is 6.22. The third kappa shape index (κ3) is 1.90. The second-order valence-electron chi connectivity index (χ2n) is 6.59. The summed E-state index contributed by atoms with van der Waals surface area (Å²) in [5, 5.41) is 2.05. The fraction of sp³-hybridized carbons (Fsp3) is 0.143. The number of nitrogens with zero attached hydrogens (tertiary/aromatic N) is 1. The normalized spacial score (nSPS) is 16.2. The van der Waals surface area contributed by atoms with Crippen LogP contribution in [0.3, 0.4) is 0 Å². The molecule has 0 amide bonds. The van der Waals surface area contributed by atoms with Crippen molar-refractivity contribution in [3.8, 4) is 16.9 Å². The Morgan fingerprint density at radius 3 is 2.75 bits per heavy atom. The number of hydrogen-bond donors (Lipinski definition) is 1. The van der Waals surface area contributed by atoms with Crippen LogP contribution in [0.2, 0.25) is 5.02 Å². The molecule has 0 saturated heterocycles. The quantitative estimate of drug-likeness (QED) is 0.445.